The van der Waals surface area contributed by atoms with Gasteiger partial charge in [0.05, 0.1) is 12.3 Å². The number of aryl methyl sites for hydroxylation is 1. The van der Waals surface area contributed by atoms with Gasteiger partial charge in [-0.15, -0.1) is 11.3 Å². The number of hydrogen-bond donors (Lipinski definition) is 1. The Labute approximate surface area is 200 Å². The highest BCUT2D eigenvalue weighted by atomic mass is 32.1. The number of benzene rings is 2. The van der Waals surface area contributed by atoms with Crippen LogP contribution in [0.2, 0.25) is 0 Å². The van der Waals surface area contributed by atoms with E-state index < -0.39 is 0 Å². The molecule has 0 radical (unpaired) electrons. The van der Waals surface area contributed by atoms with E-state index in [9.17, 15) is 4.79 Å². The zero-order chi connectivity index (χ0) is 23.2. The summed E-state index contributed by atoms with van der Waals surface area (Å²) in [5.74, 6) is 0.794. The summed E-state index contributed by atoms with van der Waals surface area (Å²) in [5, 5.41) is 3.98. The van der Waals surface area contributed by atoms with Gasteiger partial charge in [0.15, 0.2) is 0 Å². The van der Waals surface area contributed by atoms with Crippen molar-refractivity contribution in [2.45, 2.75) is 26.8 Å². The van der Waals surface area contributed by atoms with Crippen LogP contribution in [0.15, 0.2) is 54.6 Å². The molecule has 1 unspecified atom stereocenters. The molecule has 3 aromatic rings. The van der Waals surface area contributed by atoms with E-state index in [4.69, 9.17) is 4.74 Å². The van der Waals surface area contributed by atoms with Gasteiger partial charge in [-0.1, -0.05) is 18.2 Å². The van der Waals surface area contributed by atoms with Crippen molar-refractivity contribution < 1.29 is 9.53 Å². The minimum absolute atomic E-state index is 0.0445. The summed E-state index contributed by atoms with van der Waals surface area (Å²) >= 11 is 1.44. The van der Waals surface area contributed by atoms with E-state index in [2.05, 4.69) is 57.4 Å². The van der Waals surface area contributed by atoms with Gasteiger partial charge >= 0.3 is 0 Å². The fourth-order valence-corrected chi connectivity index (χ4v) is 5.09. The Morgan fingerprint density at radius 2 is 1.79 bits per heavy atom. The van der Waals surface area contributed by atoms with Crippen molar-refractivity contribution >= 4 is 22.9 Å². The molecule has 0 spiro atoms. The summed E-state index contributed by atoms with van der Waals surface area (Å²) in [6.45, 7) is 11.3. The van der Waals surface area contributed by atoms with E-state index in [0.29, 0.717) is 18.0 Å². The molecule has 6 nitrogen and oxygen atoms in total. The number of amides is 1. The number of carbonyl (C=O) groups excluding carboxylic acids is 1. The first-order valence-corrected chi connectivity index (χ1v) is 12.4. The maximum Gasteiger partial charge on any atom is 0.263 e. The van der Waals surface area contributed by atoms with Crippen LogP contribution in [0.4, 0.5) is 5.69 Å². The second-order valence-corrected chi connectivity index (χ2v) is 9.31. The van der Waals surface area contributed by atoms with E-state index in [1.54, 1.807) is 0 Å². The molecule has 0 saturated carbocycles. The maximum absolute atomic E-state index is 12.9. The average molecular weight is 465 g/mol. The molecule has 174 valence electrons. The molecular weight excluding hydrogens is 432 g/mol. The minimum Gasteiger partial charge on any atom is -0.494 e. The van der Waals surface area contributed by atoms with Crippen LogP contribution in [-0.2, 0) is 0 Å². The molecule has 33 heavy (non-hydrogen) atoms. The summed E-state index contributed by atoms with van der Waals surface area (Å²) in [4.78, 5) is 23.1. The quantitative estimate of drug-likeness (QED) is 0.534. The predicted octanol–water partition coefficient (Wildman–Crippen LogP) is 4.46. The predicted molar refractivity (Wildman–Crippen MR) is 135 cm³/mol. The van der Waals surface area contributed by atoms with Crippen LogP contribution < -0.4 is 15.0 Å². The molecule has 1 saturated heterocycles. The highest BCUT2D eigenvalue weighted by molar-refractivity contribution is 7.17. The number of piperazine rings is 1. The van der Waals surface area contributed by atoms with Crippen LogP contribution in [0.25, 0.3) is 10.6 Å². The topological polar surface area (TPSA) is 57.7 Å². The Kier molecular flexibility index (Phi) is 7.62. The Bertz CT molecular complexity index is 1040. The minimum atomic E-state index is -0.0445. The second-order valence-electron chi connectivity index (χ2n) is 8.31. The van der Waals surface area contributed by atoms with Crippen LogP contribution in [-0.4, -0.2) is 61.2 Å². The average Bonchev–Trinajstić information content (AvgIpc) is 3.25. The van der Waals surface area contributed by atoms with Gasteiger partial charge in [0, 0.05) is 50.0 Å². The summed E-state index contributed by atoms with van der Waals surface area (Å²) in [5.41, 5.74) is 3.04. The molecule has 2 aromatic carbocycles. The largest absolute Gasteiger partial charge is 0.494 e. The fraction of sp³-hybridized carbons (Fsp3) is 0.385. The summed E-state index contributed by atoms with van der Waals surface area (Å²) < 4.78 is 5.51. The van der Waals surface area contributed by atoms with Crippen molar-refractivity contribution in [1.82, 2.24) is 15.2 Å². The van der Waals surface area contributed by atoms with Gasteiger partial charge in [-0.25, -0.2) is 4.98 Å². The number of ether oxygens (including phenoxy) is 1. The Hall–Kier alpha value is -2.90. The molecule has 1 fully saturated rings. The molecule has 1 aromatic heterocycles. The molecule has 2 heterocycles. The number of para-hydroxylation sites is 1. The zero-order valence-electron chi connectivity index (χ0n) is 19.6. The normalized spacial score (nSPS) is 15.3. The third-order valence-electron chi connectivity index (χ3n) is 6.03. The van der Waals surface area contributed by atoms with Gasteiger partial charge in [-0.3, -0.25) is 9.69 Å². The molecule has 7 heteroatoms. The zero-order valence-corrected chi connectivity index (χ0v) is 20.4. The van der Waals surface area contributed by atoms with Gasteiger partial charge in [-0.2, -0.15) is 0 Å². The monoisotopic (exact) mass is 464 g/mol. The van der Waals surface area contributed by atoms with Gasteiger partial charge in [0.25, 0.3) is 5.91 Å². The summed E-state index contributed by atoms with van der Waals surface area (Å²) in [6, 6.07) is 18.7. The number of nitrogens with zero attached hydrogens (tertiary/aromatic N) is 3. The van der Waals surface area contributed by atoms with Gasteiger partial charge in [-0.05, 0) is 57.2 Å². The molecule has 0 aliphatic carbocycles. The molecule has 1 amide bonds. The molecule has 1 N–H and O–H groups in total. The number of hydrogen-bond acceptors (Lipinski definition) is 6. The molecule has 4 rings (SSSR count). The number of aromatic nitrogens is 1. The lowest BCUT2D eigenvalue weighted by Crippen LogP contribution is -2.52. The van der Waals surface area contributed by atoms with Crippen LogP contribution in [0, 0.1) is 6.92 Å². The van der Waals surface area contributed by atoms with Crippen molar-refractivity contribution in [3.05, 3.63) is 65.2 Å². The van der Waals surface area contributed by atoms with E-state index in [1.165, 1.54) is 17.0 Å². The molecule has 1 aliphatic heterocycles. The van der Waals surface area contributed by atoms with Gasteiger partial charge in [0.1, 0.15) is 15.6 Å². The third-order valence-corrected chi connectivity index (χ3v) is 7.24. The Balaban J connectivity index is 1.30. The molecule has 1 aliphatic rings. The molecule has 0 bridgehead atoms. The Morgan fingerprint density at radius 3 is 2.45 bits per heavy atom. The van der Waals surface area contributed by atoms with Crippen LogP contribution >= 0.6 is 11.3 Å². The number of anilines is 1. The van der Waals surface area contributed by atoms with Crippen molar-refractivity contribution in [3.8, 4) is 16.3 Å². The van der Waals surface area contributed by atoms with Crippen molar-refractivity contribution in [3.63, 3.8) is 0 Å². The van der Waals surface area contributed by atoms with Crippen LogP contribution in [0.3, 0.4) is 0 Å². The number of carbonyl (C=O) groups is 1. The number of thiazole rings is 1. The van der Waals surface area contributed by atoms with Crippen molar-refractivity contribution in [2.24, 2.45) is 0 Å². The third kappa shape index (κ3) is 5.72. The summed E-state index contributed by atoms with van der Waals surface area (Å²) in [6.07, 6.45) is 0. The lowest BCUT2D eigenvalue weighted by molar-refractivity contribution is 0.0937. The standard InChI is InChI=1S/C26H32N4O2S/c1-4-32-23-12-10-21(11-13-23)26-28-20(3)24(33-26)25(31)27-18-19(2)29-14-16-30(17-15-29)22-8-6-5-7-9-22/h5-13,19H,4,14-18H2,1-3H3,(H,27,31). The van der Waals surface area contributed by atoms with E-state index in [0.717, 1.165) is 48.2 Å². The highest BCUT2D eigenvalue weighted by Gasteiger charge is 2.23. The SMILES string of the molecule is CCOc1ccc(-c2nc(C)c(C(=O)NCC(C)N3CCN(c4ccccc4)CC3)s2)cc1. The lowest BCUT2D eigenvalue weighted by Gasteiger charge is -2.39. The number of nitrogens with one attached hydrogen (secondary N) is 1. The van der Waals surface area contributed by atoms with Crippen molar-refractivity contribution in [2.75, 3.05) is 44.2 Å². The first kappa shape index (κ1) is 23.3. The van der Waals surface area contributed by atoms with Gasteiger partial charge in [0.2, 0.25) is 0 Å². The van der Waals surface area contributed by atoms with Crippen LogP contribution in [0.5, 0.6) is 5.75 Å². The smallest absolute Gasteiger partial charge is 0.263 e. The Morgan fingerprint density at radius 1 is 1.09 bits per heavy atom. The first-order chi connectivity index (χ1) is 16.0. The fourth-order valence-electron chi connectivity index (χ4n) is 4.10. The van der Waals surface area contributed by atoms with E-state index in [1.807, 2.05) is 38.1 Å². The van der Waals surface area contributed by atoms with Crippen molar-refractivity contribution in [1.29, 1.82) is 0 Å². The van der Waals surface area contributed by atoms with Crippen LogP contribution in [0.1, 0.15) is 29.2 Å². The van der Waals surface area contributed by atoms with E-state index in [-0.39, 0.29) is 11.9 Å². The lowest BCUT2D eigenvalue weighted by atomic mass is 10.2. The number of rotatable bonds is 8. The molecule has 1 atom stereocenters. The maximum atomic E-state index is 12.9. The first-order valence-electron chi connectivity index (χ1n) is 11.6. The summed E-state index contributed by atoms with van der Waals surface area (Å²) in [7, 11) is 0. The highest BCUT2D eigenvalue weighted by Crippen LogP contribution is 2.29. The molecular formula is C26H32N4O2S. The van der Waals surface area contributed by atoms with E-state index >= 15 is 0 Å². The van der Waals surface area contributed by atoms with Gasteiger partial charge < -0.3 is 15.0 Å². The second kappa shape index (κ2) is 10.8.